The molecule has 35 heavy (non-hydrogen) atoms. The molecular formula is C28H34N2O5. The molecule has 2 aromatic rings. The number of likely N-dealkylation sites (tertiary alicyclic amines) is 1. The van der Waals surface area contributed by atoms with Gasteiger partial charge in [0.2, 0.25) is 5.91 Å². The molecule has 2 atom stereocenters. The second-order valence-corrected chi connectivity index (χ2v) is 10.0. The first-order valence-electron chi connectivity index (χ1n) is 12.5. The number of alkyl carbamates (subject to hydrolysis) is 1. The van der Waals surface area contributed by atoms with Crippen molar-refractivity contribution in [3.8, 4) is 11.1 Å². The SMILES string of the molecule is CC(C)CC(NC(=O)OCC1c2ccccc2-c2ccccc21)C(=O)N1CCC(CCC(=O)O)C1. The largest absolute Gasteiger partial charge is 0.481 e. The maximum Gasteiger partial charge on any atom is 0.407 e. The molecule has 2 N–H and O–H groups in total. The van der Waals surface area contributed by atoms with E-state index in [4.69, 9.17) is 9.84 Å². The summed E-state index contributed by atoms with van der Waals surface area (Å²) in [6.07, 6.45) is 1.39. The summed E-state index contributed by atoms with van der Waals surface area (Å²) < 4.78 is 5.66. The fraction of sp³-hybridized carbons (Fsp3) is 0.464. The molecule has 186 valence electrons. The van der Waals surface area contributed by atoms with E-state index in [2.05, 4.69) is 29.6 Å². The summed E-state index contributed by atoms with van der Waals surface area (Å²) in [5.41, 5.74) is 4.61. The number of ether oxygens (including phenoxy) is 1. The number of fused-ring (bicyclic) bond motifs is 3. The van der Waals surface area contributed by atoms with Crippen LogP contribution in [0.15, 0.2) is 48.5 Å². The van der Waals surface area contributed by atoms with Crippen LogP contribution in [0.4, 0.5) is 4.79 Å². The molecule has 0 bridgehead atoms. The third kappa shape index (κ3) is 5.84. The van der Waals surface area contributed by atoms with Gasteiger partial charge in [0, 0.05) is 25.4 Å². The molecule has 7 nitrogen and oxygen atoms in total. The molecular weight excluding hydrogens is 444 g/mol. The summed E-state index contributed by atoms with van der Waals surface area (Å²) in [6, 6.07) is 15.7. The lowest BCUT2D eigenvalue weighted by Crippen LogP contribution is -2.48. The smallest absolute Gasteiger partial charge is 0.407 e. The number of hydrogen-bond donors (Lipinski definition) is 2. The van der Waals surface area contributed by atoms with E-state index in [9.17, 15) is 14.4 Å². The molecule has 7 heteroatoms. The Morgan fingerprint density at radius 3 is 2.29 bits per heavy atom. The summed E-state index contributed by atoms with van der Waals surface area (Å²) in [5, 5.41) is 11.7. The van der Waals surface area contributed by atoms with Crippen molar-refractivity contribution < 1.29 is 24.2 Å². The number of carbonyl (C=O) groups is 3. The molecule has 1 saturated heterocycles. The Morgan fingerprint density at radius 1 is 1.06 bits per heavy atom. The fourth-order valence-corrected chi connectivity index (χ4v) is 5.29. The van der Waals surface area contributed by atoms with Crippen molar-refractivity contribution in [3.63, 3.8) is 0 Å². The summed E-state index contributed by atoms with van der Waals surface area (Å²) in [6.45, 7) is 5.35. The number of aliphatic carboxylic acids is 1. The molecule has 2 amide bonds. The number of carbonyl (C=O) groups excluding carboxylic acids is 2. The number of hydrogen-bond acceptors (Lipinski definition) is 4. The highest BCUT2D eigenvalue weighted by Crippen LogP contribution is 2.44. The van der Waals surface area contributed by atoms with Crippen molar-refractivity contribution in [1.82, 2.24) is 10.2 Å². The number of nitrogens with one attached hydrogen (secondary N) is 1. The van der Waals surface area contributed by atoms with Gasteiger partial charge in [0.25, 0.3) is 0 Å². The number of rotatable bonds is 9. The monoisotopic (exact) mass is 478 g/mol. The zero-order valence-electron chi connectivity index (χ0n) is 20.4. The van der Waals surface area contributed by atoms with Gasteiger partial charge in [0.05, 0.1) is 0 Å². The van der Waals surface area contributed by atoms with Gasteiger partial charge in [-0.25, -0.2) is 4.79 Å². The molecule has 1 heterocycles. The molecule has 0 spiro atoms. The van der Waals surface area contributed by atoms with Crippen LogP contribution >= 0.6 is 0 Å². The zero-order chi connectivity index (χ0) is 24.9. The third-order valence-electron chi connectivity index (χ3n) is 7.00. The lowest BCUT2D eigenvalue weighted by Gasteiger charge is -2.26. The molecule has 2 aromatic carbocycles. The van der Waals surface area contributed by atoms with Gasteiger partial charge in [-0.2, -0.15) is 0 Å². The lowest BCUT2D eigenvalue weighted by molar-refractivity contribution is -0.137. The first-order valence-corrected chi connectivity index (χ1v) is 12.5. The highest BCUT2D eigenvalue weighted by atomic mass is 16.5. The van der Waals surface area contributed by atoms with Gasteiger partial charge in [-0.3, -0.25) is 9.59 Å². The van der Waals surface area contributed by atoms with Gasteiger partial charge in [-0.1, -0.05) is 62.4 Å². The van der Waals surface area contributed by atoms with Crippen molar-refractivity contribution in [3.05, 3.63) is 59.7 Å². The number of benzene rings is 2. The molecule has 4 rings (SSSR count). The van der Waals surface area contributed by atoms with Crippen LogP contribution in [0.1, 0.15) is 56.6 Å². The average molecular weight is 479 g/mol. The predicted octanol–water partition coefficient (Wildman–Crippen LogP) is 4.65. The van der Waals surface area contributed by atoms with Gasteiger partial charge in [-0.15, -0.1) is 0 Å². The maximum atomic E-state index is 13.2. The van der Waals surface area contributed by atoms with Crippen LogP contribution in [0.3, 0.4) is 0 Å². The maximum absolute atomic E-state index is 13.2. The van der Waals surface area contributed by atoms with Crippen LogP contribution in [0.2, 0.25) is 0 Å². The molecule has 0 saturated carbocycles. The minimum absolute atomic E-state index is 0.0408. The number of amides is 2. The minimum Gasteiger partial charge on any atom is -0.481 e. The molecule has 0 aromatic heterocycles. The third-order valence-corrected chi connectivity index (χ3v) is 7.00. The first-order chi connectivity index (χ1) is 16.8. The summed E-state index contributed by atoms with van der Waals surface area (Å²) in [5.74, 6) is -0.581. The van der Waals surface area contributed by atoms with E-state index in [0.29, 0.717) is 25.9 Å². The van der Waals surface area contributed by atoms with Gasteiger partial charge in [0.1, 0.15) is 12.6 Å². The predicted molar refractivity (Wildman–Crippen MR) is 133 cm³/mol. The molecule has 1 fully saturated rings. The quantitative estimate of drug-likeness (QED) is 0.547. The Hall–Kier alpha value is -3.35. The van der Waals surface area contributed by atoms with Crippen LogP contribution in [-0.2, 0) is 14.3 Å². The lowest BCUT2D eigenvalue weighted by atomic mass is 9.98. The van der Waals surface area contributed by atoms with Crippen molar-refractivity contribution in [2.45, 2.75) is 51.5 Å². The number of nitrogens with zero attached hydrogens (tertiary/aromatic N) is 1. The molecule has 0 radical (unpaired) electrons. The number of carboxylic acids is 1. The van der Waals surface area contributed by atoms with Crippen LogP contribution in [0.5, 0.6) is 0 Å². The Kier molecular flexibility index (Phi) is 7.73. The van der Waals surface area contributed by atoms with Gasteiger partial charge >= 0.3 is 12.1 Å². The van der Waals surface area contributed by atoms with Crippen LogP contribution in [0, 0.1) is 11.8 Å². The second kappa shape index (κ2) is 10.9. The van der Waals surface area contributed by atoms with E-state index in [1.54, 1.807) is 4.90 Å². The van der Waals surface area contributed by atoms with Crippen molar-refractivity contribution in [1.29, 1.82) is 0 Å². The Balaban J connectivity index is 1.37. The first kappa shape index (κ1) is 24.8. The van der Waals surface area contributed by atoms with Crippen LogP contribution in [-0.4, -0.2) is 53.7 Å². The second-order valence-electron chi connectivity index (χ2n) is 10.0. The van der Waals surface area contributed by atoms with E-state index >= 15 is 0 Å². The molecule has 1 aliphatic carbocycles. The summed E-state index contributed by atoms with van der Waals surface area (Å²) >= 11 is 0. The van der Waals surface area contributed by atoms with E-state index in [1.807, 2.05) is 38.1 Å². The summed E-state index contributed by atoms with van der Waals surface area (Å²) in [7, 11) is 0. The van der Waals surface area contributed by atoms with E-state index in [0.717, 1.165) is 28.7 Å². The van der Waals surface area contributed by atoms with E-state index in [1.165, 1.54) is 0 Å². The highest BCUT2D eigenvalue weighted by molar-refractivity contribution is 5.86. The van der Waals surface area contributed by atoms with Crippen LogP contribution in [0.25, 0.3) is 11.1 Å². The summed E-state index contributed by atoms with van der Waals surface area (Å²) in [4.78, 5) is 38.7. The van der Waals surface area contributed by atoms with Crippen molar-refractivity contribution in [2.24, 2.45) is 11.8 Å². The molecule has 2 unspecified atom stereocenters. The topological polar surface area (TPSA) is 95.9 Å². The van der Waals surface area contributed by atoms with E-state index in [-0.39, 0.29) is 36.7 Å². The Morgan fingerprint density at radius 2 is 1.69 bits per heavy atom. The fourth-order valence-electron chi connectivity index (χ4n) is 5.29. The van der Waals surface area contributed by atoms with Gasteiger partial charge in [-0.05, 0) is 53.4 Å². The van der Waals surface area contributed by atoms with Crippen molar-refractivity contribution >= 4 is 18.0 Å². The molecule has 1 aliphatic heterocycles. The highest BCUT2D eigenvalue weighted by Gasteiger charge is 2.33. The number of carboxylic acid groups (broad SMARTS) is 1. The van der Waals surface area contributed by atoms with Crippen molar-refractivity contribution in [2.75, 3.05) is 19.7 Å². The standard InChI is InChI=1S/C28H34N2O5/c1-18(2)15-25(27(33)30-14-13-19(16-30)11-12-26(31)32)29-28(34)35-17-24-22-9-5-3-7-20(22)21-8-4-6-10-23(21)24/h3-10,18-19,24-25H,11-17H2,1-2H3,(H,29,34)(H,31,32). The molecule has 2 aliphatic rings. The Bertz CT molecular complexity index is 1040. The Labute approximate surface area is 206 Å². The zero-order valence-corrected chi connectivity index (χ0v) is 20.4. The van der Waals surface area contributed by atoms with Crippen LogP contribution < -0.4 is 5.32 Å². The van der Waals surface area contributed by atoms with Gasteiger partial charge < -0.3 is 20.1 Å². The average Bonchev–Trinajstić information content (AvgIpc) is 3.43. The van der Waals surface area contributed by atoms with E-state index < -0.39 is 18.1 Å². The minimum atomic E-state index is -0.815. The van der Waals surface area contributed by atoms with Gasteiger partial charge in [0.15, 0.2) is 0 Å². The normalized spacial score (nSPS) is 17.7.